The summed E-state index contributed by atoms with van der Waals surface area (Å²) in [6.45, 7) is -0.282. The molecule has 1 N–H and O–H groups in total. The molecule has 1 fully saturated rings. The van der Waals surface area contributed by atoms with Crippen molar-refractivity contribution in [1.82, 2.24) is 4.57 Å². The second-order valence-corrected chi connectivity index (χ2v) is 12.5. The van der Waals surface area contributed by atoms with Gasteiger partial charge in [-0.15, -0.1) is 0 Å². The van der Waals surface area contributed by atoms with Gasteiger partial charge in [-0.25, -0.2) is 9.29 Å². The zero-order valence-electron chi connectivity index (χ0n) is 21.4. The number of ether oxygens (including phenoxy) is 1. The zero-order valence-corrected chi connectivity index (χ0v) is 24.6. The first-order valence-corrected chi connectivity index (χ1v) is 15.0. The summed E-state index contributed by atoms with van der Waals surface area (Å²) in [7, 11) is 1.54. The first-order valence-electron chi connectivity index (χ1n) is 12.5. The fraction of sp³-hybridized carbons (Fsp3) is 0.172. The number of halogens is 2. The number of rotatable bonds is 6. The fourth-order valence-corrected chi connectivity index (χ4v) is 8.19. The van der Waals surface area contributed by atoms with Crippen LogP contribution in [0.1, 0.15) is 16.4 Å². The number of hydrogen-bond donors (Lipinski definition) is 1. The molecular weight excluding hydrogens is 633 g/mol. The number of fused-ring (bicyclic) bond motifs is 2. The van der Waals surface area contributed by atoms with Crippen molar-refractivity contribution in [3.63, 3.8) is 0 Å². The number of nitrogens with one attached hydrogen (secondary N) is 1. The smallest absolute Gasteiger partial charge is 0.308 e. The molecule has 1 aromatic heterocycles. The van der Waals surface area contributed by atoms with E-state index in [9.17, 15) is 23.6 Å². The summed E-state index contributed by atoms with van der Waals surface area (Å²) in [6, 6.07) is 19.4. The second-order valence-electron chi connectivity index (χ2n) is 9.48. The Labute approximate surface area is 250 Å². The third kappa shape index (κ3) is 5.00. The molecule has 3 heterocycles. The van der Waals surface area contributed by atoms with Gasteiger partial charge in [-0.1, -0.05) is 51.2 Å². The van der Waals surface area contributed by atoms with Crippen LogP contribution in [-0.2, 0) is 20.9 Å². The highest BCUT2D eigenvalue weighted by molar-refractivity contribution is 9.10. The second kappa shape index (κ2) is 10.9. The largest absolute Gasteiger partial charge is 0.497 e. The standard InChI is InChI=1S/C29H21BrFN3O5S2/c1-39-20-12-8-18(9-13-20)32-21(35)14-33-28-25(41-29(33)38)22(15-2-6-17(31)7-3-15)23-24(40-28)27(37)34(26(23)36)19-10-4-16(30)5-11-19/h2-13,22-24H,14H2,1H3,(H,32,35)/t22-,23?,24?/m1/s1. The van der Waals surface area contributed by atoms with Crippen LogP contribution in [-0.4, -0.2) is 34.6 Å². The lowest BCUT2D eigenvalue weighted by molar-refractivity contribution is -0.122. The van der Waals surface area contributed by atoms with Crippen LogP contribution in [0.25, 0.3) is 0 Å². The lowest BCUT2D eigenvalue weighted by Gasteiger charge is -2.30. The Kier molecular flexibility index (Phi) is 7.30. The summed E-state index contributed by atoms with van der Waals surface area (Å²) < 4.78 is 21.2. The lowest BCUT2D eigenvalue weighted by Crippen LogP contribution is -2.33. The predicted molar refractivity (Wildman–Crippen MR) is 158 cm³/mol. The van der Waals surface area contributed by atoms with Crippen LogP contribution in [0.5, 0.6) is 5.75 Å². The van der Waals surface area contributed by atoms with Crippen LogP contribution in [0.2, 0.25) is 0 Å². The molecular formula is C29H21BrFN3O5S2. The molecule has 4 aromatic rings. The number of methoxy groups -OCH3 is 1. The molecule has 1 saturated heterocycles. The summed E-state index contributed by atoms with van der Waals surface area (Å²) in [5.74, 6) is -2.51. The molecule has 0 aliphatic carbocycles. The third-order valence-corrected chi connectivity index (χ3v) is 10.2. The molecule has 2 aliphatic heterocycles. The van der Waals surface area contributed by atoms with Gasteiger partial charge in [0.2, 0.25) is 17.7 Å². The van der Waals surface area contributed by atoms with E-state index >= 15 is 0 Å². The normalized spacial score (nSPS) is 19.6. The van der Waals surface area contributed by atoms with E-state index in [-0.39, 0.29) is 17.3 Å². The van der Waals surface area contributed by atoms with E-state index in [4.69, 9.17) is 4.74 Å². The number of benzene rings is 3. The molecule has 2 aliphatic rings. The molecule has 0 spiro atoms. The van der Waals surface area contributed by atoms with Crippen molar-refractivity contribution in [2.45, 2.75) is 22.7 Å². The number of anilines is 2. The number of aromatic nitrogens is 1. The van der Waals surface area contributed by atoms with Crippen molar-refractivity contribution in [1.29, 1.82) is 0 Å². The summed E-state index contributed by atoms with van der Waals surface area (Å²) in [4.78, 5) is 55.2. The molecule has 2 unspecified atom stereocenters. The fourth-order valence-electron chi connectivity index (χ4n) is 5.15. The van der Waals surface area contributed by atoms with Crippen molar-refractivity contribution in [2.24, 2.45) is 5.92 Å². The van der Waals surface area contributed by atoms with Crippen LogP contribution in [0, 0.1) is 11.7 Å². The monoisotopic (exact) mass is 653 g/mol. The quantitative estimate of drug-likeness (QED) is 0.285. The average molecular weight is 655 g/mol. The number of carbonyl (C=O) groups excluding carboxylic acids is 3. The van der Waals surface area contributed by atoms with Crippen LogP contribution >= 0.6 is 39.0 Å². The van der Waals surface area contributed by atoms with E-state index in [1.807, 2.05) is 0 Å². The molecule has 3 amide bonds. The molecule has 3 aromatic carbocycles. The van der Waals surface area contributed by atoms with Crippen LogP contribution in [0.15, 0.2) is 87.1 Å². The molecule has 0 saturated carbocycles. The van der Waals surface area contributed by atoms with E-state index < -0.39 is 34.7 Å². The van der Waals surface area contributed by atoms with E-state index in [0.29, 0.717) is 32.6 Å². The van der Waals surface area contributed by atoms with Gasteiger partial charge < -0.3 is 10.1 Å². The zero-order chi connectivity index (χ0) is 28.8. The van der Waals surface area contributed by atoms with Crippen molar-refractivity contribution >= 4 is 68.1 Å². The predicted octanol–water partition coefficient (Wildman–Crippen LogP) is 5.25. The summed E-state index contributed by atoms with van der Waals surface area (Å²) in [6.07, 6.45) is 0. The Morgan fingerprint density at radius 3 is 2.32 bits per heavy atom. The first-order chi connectivity index (χ1) is 19.7. The van der Waals surface area contributed by atoms with E-state index in [0.717, 1.165) is 27.6 Å². The summed E-state index contributed by atoms with van der Waals surface area (Å²) in [5.41, 5.74) is 1.58. The van der Waals surface area contributed by atoms with Crippen molar-refractivity contribution in [3.05, 3.63) is 103 Å². The highest BCUT2D eigenvalue weighted by atomic mass is 79.9. The van der Waals surface area contributed by atoms with Gasteiger partial charge in [-0.2, -0.15) is 0 Å². The highest BCUT2D eigenvalue weighted by Gasteiger charge is 2.56. The molecule has 6 rings (SSSR count). The lowest BCUT2D eigenvalue weighted by atomic mass is 9.83. The maximum absolute atomic E-state index is 13.9. The van der Waals surface area contributed by atoms with Crippen LogP contribution in [0.4, 0.5) is 15.8 Å². The number of thioether (sulfide) groups is 1. The Hall–Kier alpha value is -3.74. The highest BCUT2D eigenvalue weighted by Crippen LogP contribution is 2.53. The minimum Gasteiger partial charge on any atom is -0.497 e. The first kappa shape index (κ1) is 27.4. The van der Waals surface area contributed by atoms with Gasteiger partial charge in [0.15, 0.2) is 0 Å². The molecule has 0 bridgehead atoms. The van der Waals surface area contributed by atoms with Crippen molar-refractivity contribution in [2.75, 3.05) is 17.3 Å². The van der Waals surface area contributed by atoms with Crippen molar-refractivity contribution < 1.29 is 23.5 Å². The van der Waals surface area contributed by atoms with Crippen LogP contribution in [0.3, 0.4) is 0 Å². The van der Waals surface area contributed by atoms with Gasteiger partial charge in [-0.05, 0) is 66.2 Å². The number of imide groups is 1. The topological polar surface area (TPSA) is 97.7 Å². The van der Waals surface area contributed by atoms with E-state index in [2.05, 4.69) is 21.2 Å². The molecule has 208 valence electrons. The molecule has 0 radical (unpaired) electrons. The maximum atomic E-state index is 13.9. The Morgan fingerprint density at radius 1 is 0.976 bits per heavy atom. The van der Waals surface area contributed by atoms with E-state index in [1.54, 1.807) is 67.8 Å². The van der Waals surface area contributed by atoms with Crippen molar-refractivity contribution in [3.8, 4) is 5.75 Å². The average Bonchev–Trinajstić information content (AvgIpc) is 3.40. The minimum absolute atomic E-state index is 0.282. The Morgan fingerprint density at radius 2 is 1.66 bits per heavy atom. The minimum atomic E-state index is -0.835. The molecule has 41 heavy (non-hydrogen) atoms. The third-order valence-electron chi connectivity index (χ3n) is 7.04. The molecule has 3 atom stereocenters. The maximum Gasteiger partial charge on any atom is 0.308 e. The number of carbonyl (C=O) groups is 3. The molecule has 12 heteroatoms. The SMILES string of the molecule is COc1ccc(NC(=O)Cn2c3c(sc2=O)[C@H](c2ccc(F)cc2)C2C(=O)N(c4ccc(Br)cc4)C(=O)C2S3)cc1. The van der Waals surface area contributed by atoms with Gasteiger partial charge >= 0.3 is 4.87 Å². The summed E-state index contributed by atoms with van der Waals surface area (Å²) in [5, 5.41) is 2.40. The number of hydrogen-bond acceptors (Lipinski definition) is 7. The number of nitrogens with zero attached hydrogens (tertiary/aromatic N) is 2. The van der Waals surface area contributed by atoms with Gasteiger partial charge in [0.25, 0.3) is 0 Å². The van der Waals surface area contributed by atoms with Crippen LogP contribution < -0.4 is 19.8 Å². The summed E-state index contributed by atoms with van der Waals surface area (Å²) >= 11 is 5.44. The Balaban J connectivity index is 1.38. The number of amides is 3. The van der Waals surface area contributed by atoms with Gasteiger partial charge in [0, 0.05) is 21.0 Å². The van der Waals surface area contributed by atoms with E-state index in [1.165, 1.54) is 21.6 Å². The molecule has 8 nitrogen and oxygen atoms in total. The van der Waals surface area contributed by atoms with Gasteiger partial charge in [-0.3, -0.25) is 23.7 Å². The van der Waals surface area contributed by atoms with Gasteiger partial charge in [0.05, 0.1) is 23.7 Å². The number of thiazole rings is 1. The Bertz CT molecular complexity index is 1720. The van der Waals surface area contributed by atoms with Gasteiger partial charge in [0.1, 0.15) is 23.4 Å².